The molecular weight excluding hydrogens is 144 g/mol. The van der Waals surface area contributed by atoms with E-state index in [9.17, 15) is 5.11 Å². The number of aliphatic hydroxyl groups is 3. The molecule has 3 nitrogen and oxygen atoms in total. The molecule has 3 heteroatoms. The maximum absolute atomic E-state index is 9.35. The van der Waals surface area contributed by atoms with Gasteiger partial charge in [0.1, 0.15) is 0 Å². The predicted octanol–water partition coefficient (Wildman–Crippen LogP) is -0.476. The van der Waals surface area contributed by atoms with Crippen molar-refractivity contribution in [2.45, 2.75) is 12.5 Å². The van der Waals surface area contributed by atoms with Gasteiger partial charge < -0.3 is 15.3 Å². The summed E-state index contributed by atoms with van der Waals surface area (Å²) in [5.41, 5.74) is 0. The Morgan fingerprint density at radius 2 is 2.00 bits per heavy atom. The maximum atomic E-state index is 9.35. The highest BCUT2D eigenvalue weighted by Crippen LogP contribution is 2.24. The molecule has 0 radical (unpaired) electrons. The van der Waals surface area contributed by atoms with Crippen molar-refractivity contribution < 1.29 is 15.3 Å². The summed E-state index contributed by atoms with van der Waals surface area (Å²) >= 11 is 0. The molecule has 1 rings (SSSR count). The lowest BCUT2D eigenvalue weighted by Crippen LogP contribution is -2.34. The van der Waals surface area contributed by atoms with Gasteiger partial charge in [-0.05, 0) is 6.42 Å². The molecule has 0 spiro atoms. The molecule has 0 saturated carbocycles. The number of hydrogen-bond donors (Lipinski definition) is 3. The highest BCUT2D eigenvalue weighted by atomic mass is 16.3. The van der Waals surface area contributed by atoms with Crippen LogP contribution in [-0.2, 0) is 0 Å². The first-order valence-electron chi connectivity index (χ1n) is 3.86. The lowest BCUT2D eigenvalue weighted by molar-refractivity contribution is 0.0239. The first-order chi connectivity index (χ1) is 5.29. The van der Waals surface area contributed by atoms with Crippen molar-refractivity contribution in [2.75, 3.05) is 13.2 Å². The molecule has 3 N–H and O–H groups in total. The second kappa shape index (κ2) is 3.85. The van der Waals surface area contributed by atoms with Gasteiger partial charge in [0, 0.05) is 25.0 Å². The fraction of sp³-hybridized carbons (Fsp3) is 0.750. The molecular formula is C8H14O3. The Labute approximate surface area is 66.0 Å². The summed E-state index contributed by atoms with van der Waals surface area (Å²) in [6.45, 7) is -0.0600. The first-order valence-corrected chi connectivity index (χ1v) is 3.86. The molecule has 0 saturated heterocycles. The molecule has 0 aromatic carbocycles. The molecule has 0 aromatic heterocycles. The van der Waals surface area contributed by atoms with Crippen LogP contribution in [0.1, 0.15) is 6.42 Å². The zero-order valence-corrected chi connectivity index (χ0v) is 6.35. The minimum absolute atomic E-state index is 0.00120. The summed E-state index contributed by atoms with van der Waals surface area (Å²) in [6, 6.07) is 0. The van der Waals surface area contributed by atoms with E-state index in [1.165, 1.54) is 0 Å². The summed E-state index contributed by atoms with van der Waals surface area (Å²) in [4.78, 5) is 0. The number of rotatable bonds is 2. The van der Waals surface area contributed by atoms with Crippen LogP contribution < -0.4 is 0 Å². The third-order valence-electron chi connectivity index (χ3n) is 2.23. The van der Waals surface area contributed by atoms with Crippen LogP contribution >= 0.6 is 0 Å². The van der Waals surface area contributed by atoms with Gasteiger partial charge in [0.05, 0.1) is 6.10 Å². The molecule has 1 aliphatic carbocycles. The third kappa shape index (κ3) is 1.80. The summed E-state index contributed by atoms with van der Waals surface area (Å²) < 4.78 is 0. The summed E-state index contributed by atoms with van der Waals surface area (Å²) in [7, 11) is 0. The lowest BCUT2D eigenvalue weighted by Gasteiger charge is -2.28. The van der Waals surface area contributed by atoms with Crippen LogP contribution in [0.15, 0.2) is 12.2 Å². The molecule has 0 amide bonds. The van der Waals surface area contributed by atoms with Gasteiger partial charge in [-0.2, -0.15) is 0 Å². The van der Waals surface area contributed by atoms with Crippen molar-refractivity contribution in [2.24, 2.45) is 11.8 Å². The smallest absolute Gasteiger partial charge is 0.0631 e. The minimum atomic E-state index is -0.498. The quantitative estimate of drug-likeness (QED) is 0.476. The Morgan fingerprint density at radius 3 is 2.45 bits per heavy atom. The van der Waals surface area contributed by atoms with Gasteiger partial charge in [0.25, 0.3) is 0 Å². The van der Waals surface area contributed by atoms with Gasteiger partial charge in [0.2, 0.25) is 0 Å². The molecule has 1 aliphatic rings. The normalized spacial score (nSPS) is 37.5. The van der Waals surface area contributed by atoms with Gasteiger partial charge in [-0.3, -0.25) is 0 Å². The first kappa shape index (κ1) is 8.71. The van der Waals surface area contributed by atoms with Crippen LogP contribution in [-0.4, -0.2) is 34.6 Å². The predicted molar refractivity (Wildman–Crippen MR) is 40.9 cm³/mol. The molecule has 0 fully saturated rings. The summed E-state index contributed by atoms with van der Waals surface area (Å²) in [5, 5.41) is 27.0. The fourth-order valence-electron chi connectivity index (χ4n) is 1.45. The van der Waals surface area contributed by atoms with Crippen molar-refractivity contribution in [1.29, 1.82) is 0 Å². The average Bonchev–Trinajstić information content (AvgIpc) is 2.04. The second-order valence-corrected chi connectivity index (χ2v) is 2.92. The van der Waals surface area contributed by atoms with E-state index in [2.05, 4.69) is 0 Å². The van der Waals surface area contributed by atoms with Gasteiger partial charge in [-0.1, -0.05) is 12.2 Å². The molecule has 0 unspecified atom stereocenters. The Kier molecular flexibility index (Phi) is 3.05. The second-order valence-electron chi connectivity index (χ2n) is 2.92. The summed E-state index contributed by atoms with van der Waals surface area (Å²) in [6.07, 6.45) is 3.79. The molecule has 0 heterocycles. The Hall–Kier alpha value is -0.380. The molecule has 11 heavy (non-hydrogen) atoms. The maximum Gasteiger partial charge on any atom is 0.0631 e. The van der Waals surface area contributed by atoms with Gasteiger partial charge in [-0.25, -0.2) is 0 Å². The number of hydrogen-bond acceptors (Lipinski definition) is 3. The average molecular weight is 158 g/mol. The van der Waals surface area contributed by atoms with E-state index in [1.54, 1.807) is 0 Å². The monoisotopic (exact) mass is 158 g/mol. The van der Waals surface area contributed by atoms with Crippen LogP contribution in [0.25, 0.3) is 0 Å². The summed E-state index contributed by atoms with van der Waals surface area (Å²) in [5.74, 6) is -0.270. The minimum Gasteiger partial charge on any atom is -0.396 e. The standard InChI is InChI=1S/C8H14O3/c9-4-6-2-1-3-8(11)7(6)5-10/h1-2,6-11H,3-5H2/t6-,7+,8-/m0/s1. The SMILES string of the molecule is OC[C@H]1[C@@H](O)CC=C[C@H]1CO. The Bertz CT molecular complexity index is 144. The van der Waals surface area contributed by atoms with Gasteiger partial charge in [0.15, 0.2) is 0 Å². The van der Waals surface area contributed by atoms with Crippen LogP contribution in [0.4, 0.5) is 0 Å². The van der Waals surface area contributed by atoms with E-state index >= 15 is 0 Å². The van der Waals surface area contributed by atoms with Crippen LogP contribution in [0.5, 0.6) is 0 Å². The van der Waals surface area contributed by atoms with Crippen molar-refractivity contribution in [3.63, 3.8) is 0 Å². The van der Waals surface area contributed by atoms with Crippen LogP contribution in [0.3, 0.4) is 0 Å². The highest BCUT2D eigenvalue weighted by molar-refractivity contribution is 5.00. The lowest BCUT2D eigenvalue weighted by atomic mass is 9.83. The van der Waals surface area contributed by atoms with Crippen LogP contribution in [0, 0.1) is 11.8 Å². The van der Waals surface area contributed by atoms with E-state index in [-0.39, 0.29) is 25.0 Å². The molecule has 64 valence electrons. The third-order valence-corrected chi connectivity index (χ3v) is 2.23. The van der Waals surface area contributed by atoms with Crippen LogP contribution in [0.2, 0.25) is 0 Å². The molecule has 0 bridgehead atoms. The van der Waals surface area contributed by atoms with E-state index in [0.717, 1.165) is 0 Å². The Morgan fingerprint density at radius 1 is 1.27 bits per heavy atom. The van der Waals surface area contributed by atoms with E-state index in [1.807, 2.05) is 12.2 Å². The number of aliphatic hydroxyl groups excluding tert-OH is 3. The van der Waals surface area contributed by atoms with Crippen molar-refractivity contribution in [3.8, 4) is 0 Å². The molecule has 3 atom stereocenters. The van der Waals surface area contributed by atoms with Gasteiger partial charge in [-0.15, -0.1) is 0 Å². The van der Waals surface area contributed by atoms with E-state index in [0.29, 0.717) is 6.42 Å². The largest absolute Gasteiger partial charge is 0.396 e. The molecule has 0 aromatic rings. The van der Waals surface area contributed by atoms with E-state index < -0.39 is 6.10 Å². The Balaban J connectivity index is 2.61. The fourth-order valence-corrected chi connectivity index (χ4v) is 1.45. The topological polar surface area (TPSA) is 60.7 Å². The zero-order valence-electron chi connectivity index (χ0n) is 6.35. The van der Waals surface area contributed by atoms with E-state index in [4.69, 9.17) is 10.2 Å². The van der Waals surface area contributed by atoms with Crippen molar-refractivity contribution >= 4 is 0 Å². The molecule has 0 aliphatic heterocycles. The van der Waals surface area contributed by atoms with Crippen molar-refractivity contribution in [1.82, 2.24) is 0 Å². The van der Waals surface area contributed by atoms with Gasteiger partial charge >= 0.3 is 0 Å². The highest BCUT2D eigenvalue weighted by Gasteiger charge is 2.27. The van der Waals surface area contributed by atoms with Crippen molar-refractivity contribution in [3.05, 3.63) is 12.2 Å². The zero-order chi connectivity index (χ0) is 8.27.